The van der Waals surface area contributed by atoms with Crippen molar-refractivity contribution in [2.24, 2.45) is 0 Å². The summed E-state index contributed by atoms with van der Waals surface area (Å²) in [7, 11) is 0. The number of unbranched alkanes of at least 4 members (excludes halogenated alkanes) is 3. The first kappa shape index (κ1) is 52.8. The predicted molar refractivity (Wildman–Crippen MR) is 294 cm³/mol. The summed E-state index contributed by atoms with van der Waals surface area (Å²) in [6, 6.07) is 18.5. The van der Waals surface area contributed by atoms with E-state index in [1.165, 1.54) is 6.07 Å². The van der Waals surface area contributed by atoms with Crippen LogP contribution in [-0.2, 0) is 14.3 Å². The molecule has 5 fully saturated rings. The summed E-state index contributed by atoms with van der Waals surface area (Å²) >= 11 is 6.65. The molecule has 18 nitrogen and oxygen atoms in total. The Morgan fingerprint density at radius 2 is 1.66 bits per heavy atom. The maximum atomic E-state index is 16.9. The number of aromatic nitrogens is 6. The SMILES string of the molecule is C#Cc1c(F)ccc2cccc(-c3ncc4c(N5CC6CCC(C5)N6)nc(OCCN5CCN(CCCCCCC(=O)NCCOc6ccc(-c7nc8nc(OC9COC%10C(O)COC9%10)[nH]c8cc7Cl)cc6)CC5)nc4c3F)c12. The molecule has 79 heavy (non-hydrogen) atoms. The van der Waals surface area contributed by atoms with Crippen LogP contribution in [0.3, 0.4) is 0 Å². The van der Waals surface area contributed by atoms with E-state index in [-0.39, 0.29) is 54.0 Å². The minimum absolute atomic E-state index is 0.0152. The Bertz CT molecular complexity index is 3380. The number of fused-ring (bicyclic) bond motifs is 6. The molecule has 0 aliphatic carbocycles. The summed E-state index contributed by atoms with van der Waals surface area (Å²) in [5.41, 5.74) is 2.99. The van der Waals surface area contributed by atoms with E-state index in [9.17, 15) is 14.3 Å². The van der Waals surface area contributed by atoms with E-state index in [0.29, 0.717) is 100.0 Å². The van der Waals surface area contributed by atoms with E-state index < -0.39 is 29.9 Å². The highest BCUT2D eigenvalue weighted by atomic mass is 35.5. The lowest BCUT2D eigenvalue weighted by Gasteiger charge is -2.35. The lowest BCUT2D eigenvalue weighted by Crippen LogP contribution is -2.51. The number of carbonyl (C=O) groups excluding carboxylic acids is 1. The van der Waals surface area contributed by atoms with E-state index in [4.69, 9.17) is 46.7 Å². The summed E-state index contributed by atoms with van der Waals surface area (Å²) in [6.07, 6.45) is 12.1. The first-order valence-corrected chi connectivity index (χ1v) is 27.8. The van der Waals surface area contributed by atoms with Crippen LogP contribution in [0.5, 0.6) is 17.8 Å². The average molecular weight is 1100 g/mol. The number of pyridine rings is 2. The lowest BCUT2D eigenvalue weighted by molar-refractivity contribution is -0.121. The van der Waals surface area contributed by atoms with Gasteiger partial charge in [0.2, 0.25) is 5.91 Å². The molecular formula is C58H62ClF2N11O7. The number of rotatable bonds is 20. The number of nitrogens with one attached hydrogen (secondary N) is 3. The van der Waals surface area contributed by atoms with Crippen LogP contribution in [0.25, 0.3) is 55.4 Å². The Morgan fingerprint density at radius 1 is 0.873 bits per heavy atom. The minimum atomic E-state index is -0.670. The maximum absolute atomic E-state index is 16.9. The number of aromatic amines is 1. The molecule has 0 saturated carbocycles. The normalized spacial score (nSPS) is 22.2. The molecule has 2 bridgehead atoms. The third-order valence-corrected chi connectivity index (χ3v) is 16.0. The Hall–Kier alpha value is -6.83. The van der Waals surface area contributed by atoms with Gasteiger partial charge in [-0.2, -0.15) is 15.0 Å². The number of nitrogens with zero attached hydrogens (tertiary/aromatic N) is 8. The van der Waals surface area contributed by atoms with Gasteiger partial charge in [0.15, 0.2) is 17.6 Å². The molecule has 0 spiro atoms. The topological polar surface area (TPSA) is 197 Å². The van der Waals surface area contributed by atoms with Crippen LogP contribution in [0.15, 0.2) is 66.9 Å². The van der Waals surface area contributed by atoms with E-state index in [1.54, 1.807) is 30.5 Å². The second-order valence-corrected chi connectivity index (χ2v) is 21.4. The second kappa shape index (κ2) is 23.5. The summed E-state index contributed by atoms with van der Waals surface area (Å²) in [6.45, 7) is 8.40. The summed E-state index contributed by atoms with van der Waals surface area (Å²) in [4.78, 5) is 46.1. The molecule has 9 heterocycles. The number of ether oxygens (including phenoxy) is 5. The number of hydrogen-bond donors (Lipinski definition) is 4. The molecule has 12 rings (SSSR count). The van der Waals surface area contributed by atoms with Crippen molar-refractivity contribution in [3.63, 3.8) is 0 Å². The van der Waals surface area contributed by atoms with Crippen molar-refractivity contribution in [2.45, 2.75) is 81.4 Å². The van der Waals surface area contributed by atoms with Gasteiger partial charge in [-0.1, -0.05) is 54.6 Å². The Labute approximate surface area is 460 Å². The molecule has 1 amide bonds. The molecule has 4 aromatic heterocycles. The highest BCUT2D eigenvalue weighted by Crippen LogP contribution is 2.38. The molecule has 7 aromatic rings. The first-order valence-electron chi connectivity index (χ1n) is 27.4. The van der Waals surface area contributed by atoms with Crippen molar-refractivity contribution >= 4 is 56.2 Å². The fourth-order valence-electron chi connectivity index (χ4n) is 11.7. The highest BCUT2D eigenvalue weighted by Gasteiger charge is 2.49. The van der Waals surface area contributed by atoms with Gasteiger partial charge in [0.25, 0.3) is 6.01 Å². The van der Waals surface area contributed by atoms with Crippen LogP contribution in [0, 0.1) is 24.0 Å². The number of H-pyrrole nitrogens is 1. The standard InChI is InChI=1S/C58H62ClF2N11O7/c1-2-39-43(60)18-13-34-8-7-9-40(48(34)39)51-49(61)52-41(29-63-51)56(72-30-36-14-15-37(31-72)64-36)69-57(67-52)76-27-25-71-23-21-70(22-24-71)20-6-4-3-5-10-47(74)62-19-26-75-38-16-11-35(12-17-38)50-42(59)28-44-55(66-50)68-58(65-44)79-46-33-78-53-45(73)32-77-54(46)53/h1,7-9,11-13,16-18,28-29,36-37,45-46,53-54,64,73H,3-6,10,14-15,19-27,30-33H2,(H,62,74)(H,65,66,68). The predicted octanol–water partition coefficient (Wildman–Crippen LogP) is 6.68. The first-order chi connectivity index (χ1) is 38.6. The van der Waals surface area contributed by atoms with Gasteiger partial charge >= 0.3 is 6.01 Å². The zero-order chi connectivity index (χ0) is 54.0. The van der Waals surface area contributed by atoms with Gasteiger partial charge in [0.05, 0.1) is 46.9 Å². The number of carbonyl (C=O) groups is 1. The van der Waals surface area contributed by atoms with Crippen molar-refractivity contribution in [3.05, 3.63) is 89.1 Å². The quantitative estimate of drug-likeness (QED) is 0.0465. The smallest absolute Gasteiger partial charge is 0.319 e. The average Bonchev–Trinajstić information content (AvgIpc) is 4.37. The summed E-state index contributed by atoms with van der Waals surface area (Å²) in [5, 5.41) is 18.7. The summed E-state index contributed by atoms with van der Waals surface area (Å²) in [5.74, 6) is 2.53. The number of benzene rings is 3. The van der Waals surface area contributed by atoms with Crippen LogP contribution in [0.2, 0.25) is 5.02 Å². The van der Waals surface area contributed by atoms with E-state index in [0.717, 1.165) is 89.9 Å². The summed E-state index contributed by atoms with van der Waals surface area (Å²) < 4.78 is 61.4. The second-order valence-electron chi connectivity index (χ2n) is 21.0. The van der Waals surface area contributed by atoms with Crippen LogP contribution >= 0.6 is 11.6 Å². The molecule has 5 aliphatic rings. The van der Waals surface area contributed by atoms with Crippen molar-refractivity contribution in [3.8, 4) is 52.6 Å². The van der Waals surface area contributed by atoms with Gasteiger partial charge in [0.1, 0.15) is 60.1 Å². The molecular weight excluding hydrogens is 1040 g/mol. The van der Waals surface area contributed by atoms with Crippen LogP contribution in [-0.4, -0.2) is 173 Å². The number of terminal acetylenes is 1. The number of anilines is 1. The van der Waals surface area contributed by atoms with E-state index >= 15 is 4.39 Å². The van der Waals surface area contributed by atoms with Gasteiger partial charge < -0.3 is 54.2 Å². The molecule has 6 unspecified atom stereocenters. The van der Waals surface area contributed by atoms with Crippen molar-refractivity contribution in [1.29, 1.82) is 0 Å². The number of aliphatic hydroxyl groups is 1. The monoisotopic (exact) mass is 1100 g/mol. The molecule has 21 heteroatoms. The minimum Gasteiger partial charge on any atom is -0.492 e. The van der Waals surface area contributed by atoms with Crippen molar-refractivity contribution in [2.75, 3.05) is 90.2 Å². The Kier molecular flexibility index (Phi) is 15.7. The highest BCUT2D eigenvalue weighted by molar-refractivity contribution is 6.33. The number of hydrogen-bond acceptors (Lipinski definition) is 16. The fraction of sp³-hybridized carbons (Fsp3) is 0.448. The Balaban J connectivity index is 0.553. The number of aliphatic hydroxyl groups excluding tert-OH is 1. The number of amides is 1. The van der Waals surface area contributed by atoms with Crippen LogP contribution in [0.4, 0.5) is 14.6 Å². The number of halogens is 3. The third kappa shape index (κ3) is 11.5. The van der Waals surface area contributed by atoms with Gasteiger partial charge in [-0.15, -0.1) is 6.42 Å². The largest absolute Gasteiger partial charge is 0.492 e. The zero-order valence-corrected chi connectivity index (χ0v) is 44.4. The van der Waals surface area contributed by atoms with Gasteiger partial charge in [-0.3, -0.25) is 14.7 Å². The number of imidazole rings is 1. The molecule has 5 aliphatic heterocycles. The molecule has 4 N–H and O–H groups in total. The van der Waals surface area contributed by atoms with Crippen molar-refractivity contribution in [1.82, 2.24) is 50.3 Å². The van der Waals surface area contributed by atoms with Crippen LogP contribution < -0.4 is 29.7 Å². The zero-order valence-electron chi connectivity index (χ0n) is 43.6. The third-order valence-electron chi connectivity index (χ3n) is 15.8. The molecule has 412 valence electrons. The Morgan fingerprint density at radius 3 is 2.47 bits per heavy atom. The lowest BCUT2D eigenvalue weighted by atomic mass is 9.96. The van der Waals surface area contributed by atoms with Gasteiger partial charge in [0, 0.05) is 87.0 Å². The van der Waals surface area contributed by atoms with E-state index in [1.807, 2.05) is 30.3 Å². The fourth-order valence-corrected chi connectivity index (χ4v) is 11.9. The van der Waals surface area contributed by atoms with Gasteiger partial charge in [-0.25, -0.2) is 13.8 Å². The molecule has 3 aromatic carbocycles. The van der Waals surface area contributed by atoms with Gasteiger partial charge in [-0.05, 0) is 74.0 Å². The van der Waals surface area contributed by atoms with Crippen LogP contribution in [0.1, 0.15) is 50.5 Å². The molecule has 5 saturated heterocycles. The molecule has 6 atom stereocenters. The maximum Gasteiger partial charge on any atom is 0.319 e. The van der Waals surface area contributed by atoms with Crippen molar-refractivity contribution < 1.29 is 42.4 Å². The molecule has 0 radical (unpaired) electrons. The number of piperazine rings is 2. The van der Waals surface area contributed by atoms with E-state index in [2.05, 4.69) is 56.2 Å².